The number of aryl methyl sites for hydroxylation is 2. The van der Waals surface area contributed by atoms with Gasteiger partial charge in [-0.3, -0.25) is 9.69 Å². The van der Waals surface area contributed by atoms with Crippen molar-refractivity contribution in [2.45, 2.75) is 46.2 Å². The van der Waals surface area contributed by atoms with Gasteiger partial charge in [0.1, 0.15) is 5.76 Å². The van der Waals surface area contributed by atoms with Crippen LogP contribution in [0.15, 0.2) is 22.8 Å². The molecule has 3 rings (SSSR count). The zero-order chi connectivity index (χ0) is 18.0. The minimum absolute atomic E-state index is 0.0265. The second kappa shape index (κ2) is 7.70. The van der Waals surface area contributed by atoms with Crippen molar-refractivity contribution in [2.24, 2.45) is 5.92 Å². The summed E-state index contributed by atoms with van der Waals surface area (Å²) in [5.74, 6) is 1.35. The number of piperidine rings is 1. The van der Waals surface area contributed by atoms with Crippen LogP contribution >= 0.6 is 11.3 Å². The highest BCUT2D eigenvalue weighted by Gasteiger charge is 2.30. The molecular formula is C19H27N3O2S. The topological polar surface area (TPSA) is 49.6 Å². The van der Waals surface area contributed by atoms with Crippen molar-refractivity contribution in [1.29, 1.82) is 0 Å². The summed E-state index contributed by atoms with van der Waals surface area (Å²) in [5.41, 5.74) is 1.04. The zero-order valence-corrected chi connectivity index (χ0v) is 16.3. The lowest BCUT2D eigenvalue weighted by Gasteiger charge is -2.34. The number of carbonyl (C=O) groups is 1. The van der Waals surface area contributed by atoms with Gasteiger partial charge in [0, 0.05) is 17.8 Å². The maximum absolute atomic E-state index is 12.9. The van der Waals surface area contributed by atoms with Crippen molar-refractivity contribution in [2.75, 3.05) is 20.1 Å². The molecular weight excluding hydrogens is 334 g/mol. The van der Waals surface area contributed by atoms with Crippen LogP contribution in [-0.4, -0.2) is 40.8 Å². The molecule has 3 heterocycles. The van der Waals surface area contributed by atoms with E-state index in [0.29, 0.717) is 0 Å². The second-order valence-corrected chi connectivity index (χ2v) is 8.34. The van der Waals surface area contributed by atoms with E-state index in [-0.39, 0.29) is 17.9 Å². The number of hydrogen-bond acceptors (Lipinski definition) is 5. The van der Waals surface area contributed by atoms with E-state index in [1.54, 1.807) is 17.6 Å². The summed E-state index contributed by atoms with van der Waals surface area (Å²) in [6, 6.07) is 3.95. The molecule has 2 aromatic rings. The molecule has 0 aromatic carbocycles. The van der Waals surface area contributed by atoms with Crippen LogP contribution in [0.2, 0.25) is 0 Å². The quantitative estimate of drug-likeness (QED) is 0.813. The van der Waals surface area contributed by atoms with Crippen molar-refractivity contribution < 1.29 is 9.21 Å². The molecule has 0 saturated carbocycles. The normalized spacial score (nSPS) is 17.6. The fourth-order valence-electron chi connectivity index (χ4n) is 3.56. The number of rotatable bonds is 5. The molecule has 0 unspecified atom stereocenters. The Labute approximate surface area is 153 Å². The van der Waals surface area contributed by atoms with Gasteiger partial charge in [0.25, 0.3) is 0 Å². The van der Waals surface area contributed by atoms with Gasteiger partial charge in [-0.1, -0.05) is 0 Å². The molecule has 25 heavy (non-hydrogen) atoms. The first-order chi connectivity index (χ1) is 12.0. The maximum atomic E-state index is 12.9. The highest BCUT2D eigenvalue weighted by molar-refractivity contribution is 7.11. The Morgan fingerprint density at radius 3 is 2.72 bits per heavy atom. The van der Waals surface area contributed by atoms with Crippen molar-refractivity contribution in [3.05, 3.63) is 39.7 Å². The third-order valence-electron chi connectivity index (χ3n) is 5.16. The van der Waals surface area contributed by atoms with E-state index >= 15 is 0 Å². The third-order valence-corrected chi connectivity index (χ3v) is 6.06. The Balaban J connectivity index is 1.55. The third kappa shape index (κ3) is 4.12. The lowest BCUT2D eigenvalue weighted by Crippen LogP contribution is -2.41. The van der Waals surface area contributed by atoms with Gasteiger partial charge in [0.2, 0.25) is 5.91 Å². The molecule has 1 saturated heterocycles. The zero-order valence-electron chi connectivity index (χ0n) is 15.5. The van der Waals surface area contributed by atoms with Gasteiger partial charge < -0.3 is 9.32 Å². The Morgan fingerprint density at radius 2 is 2.16 bits per heavy atom. The minimum atomic E-state index is 0.0265. The average molecular weight is 362 g/mol. The summed E-state index contributed by atoms with van der Waals surface area (Å²) in [4.78, 5) is 23.0. The molecule has 0 radical (unpaired) electrons. The average Bonchev–Trinajstić information content (AvgIpc) is 3.22. The molecule has 1 amide bonds. The van der Waals surface area contributed by atoms with Crippen LogP contribution in [0.25, 0.3) is 0 Å². The fourth-order valence-corrected chi connectivity index (χ4v) is 4.46. The molecule has 136 valence electrons. The number of thiazole rings is 1. The van der Waals surface area contributed by atoms with Crippen molar-refractivity contribution in [3.63, 3.8) is 0 Å². The number of hydrogen-bond donors (Lipinski definition) is 0. The van der Waals surface area contributed by atoms with Gasteiger partial charge >= 0.3 is 0 Å². The monoisotopic (exact) mass is 361 g/mol. The predicted molar refractivity (Wildman–Crippen MR) is 99.5 cm³/mol. The van der Waals surface area contributed by atoms with E-state index in [0.717, 1.165) is 48.9 Å². The molecule has 1 aliphatic heterocycles. The van der Waals surface area contributed by atoms with Crippen LogP contribution in [-0.2, 0) is 11.3 Å². The first-order valence-electron chi connectivity index (χ1n) is 8.91. The molecule has 1 aliphatic rings. The molecule has 0 N–H and O–H groups in total. The smallest absolute Gasteiger partial charge is 0.226 e. The number of furan rings is 1. The van der Waals surface area contributed by atoms with E-state index in [4.69, 9.17) is 4.42 Å². The van der Waals surface area contributed by atoms with Crippen LogP contribution in [0, 0.1) is 19.8 Å². The van der Waals surface area contributed by atoms with Gasteiger partial charge in [0.05, 0.1) is 29.6 Å². The molecule has 0 spiro atoms. The molecule has 5 nitrogen and oxygen atoms in total. The van der Waals surface area contributed by atoms with Crippen molar-refractivity contribution in [3.8, 4) is 0 Å². The molecule has 0 bridgehead atoms. The van der Waals surface area contributed by atoms with Crippen molar-refractivity contribution >= 4 is 17.2 Å². The highest BCUT2D eigenvalue weighted by Crippen LogP contribution is 2.29. The summed E-state index contributed by atoms with van der Waals surface area (Å²) in [6.45, 7) is 8.89. The number of nitrogens with zero attached hydrogens (tertiary/aromatic N) is 3. The lowest BCUT2D eigenvalue weighted by atomic mass is 9.94. The summed E-state index contributed by atoms with van der Waals surface area (Å²) < 4.78 is 5.42. The first kappa shape index (κ1) is 18.1. The first-order valence-corrected chi connectivity index (χ1v) is 9.72. The molecule has 1 atom stereocenters. The Hall–Kier alpha value is -1.66. The van der Waals surface area contributed by atoms with Crippen molar-refractivity contribution in [1.82, 2.24) is 14.8 Å². The van der Waals surface area contributed by atoms with Gasteiger partial charge in [-0.15, -0.1) is 11.3 Å². The van der Waals surface area contributed by atoms with Crippen LogP contribution in [0.5, 0.6) is 0 Å². The number of carbonyl (C=O) groups excluding carboxylic acids is 1. The number of aromatic nitrogens is 1. The van der Waals surface area contributed by atoms with Crippen LogP contribution in [0.1, 0.15) is 47.1 Å². The molecule has 1 fully saturated rings. The lowest BCUT2D eigenvalue weighted by molar-refractivity contribution is -0.137. The van der Waals surface area contributed by atoms with Gasteiger partial charge in [-0.2, -0.15) is 0 Å². The summed E-state index contributed by atoms with van der Waals surface area (Å²) in [7, 11) is 1.91. The maximum Gasteiger partial charge on any atom is 0.226 e. The van der Waals surface area contributed by atoms with E-state index in [9.17, 15) is 4.79 Å². The van der Waals surface area contributed by atoms with E-state index in [1.165, 1.54) is 4.88 Å². The molecule has 6 heteroatoms. The van der Waals surface area contributed by atoms with Gasteiger partial charge in [-0.05, 0) is 58.8 Å². The second-order valence-electron chi connectivity index (χ2n) is 6.93. The Morgan fingerprint density at radius 1 is 1.44 bits per heavy atom. The van der Waals surface area contributed by atoms with E-state index in [2.05, 4.69) is 23.7 Å². The predicted octanol–water partition coefficient (Wildman–Crippen LogP) is 3.78. The minimum Gasteiger partial charge on any atom is -0.468 e. The summed E-state index contributed by atoms with van der Waals surface area (Å²) >= 11 is 1.70. The molecule has 0 aliphatic carbocycles. The van der Waals surface area contributed by atoms with Gasteiger partial charge in [0.15, 0.2) is 0 Å². The fraction of sp³-hybridized carbons (Fsp3) is 0.579. The summed E-state index contributed by atoms with van der Waals surface area (Å²) in [5, 5.41) is 1.06. The number of likely N-dealkylation sites (tertiary alicyclic amines) is 1. The largest absolute Gasteiger partial charge is 0.468 e. The van der Waals surface area contributed by atoms with E-state index < -0.39 is 0 Å². The number of amides is 1. The van der Waals surface area contributed by atoms with E-state index in [1.807, 2.05) is 31.0 Å². The van der Waals surface area contributed by atoms with Gasteiger partial charge in [-0.25, -0.2) is 4.98 Å². The molecule has 2 aromatic heterocycles. The van der Waals surface area contributed by atoms with Crippen LogP contribution in [0.3, 0.4) is 0 Å². The highest BCUT2D eigenvalue weighted by atomic mass is 32.1. The van der Waals surface area contributed by atoms with Crippen LogP contribution < -0.4 is 0 Å². The van der Waals surface area contributed by atoms with Crippen LogP contribution in [0.4, 0.5) is 0 Å². The Bertz CT molecular complexity index is 702. The summed E-state index contributed by atoms with van der Waals surface area (Å²) in [6.07, 6.45) is 3.53. The Kier molecular flexibility index (Phi) is 5.59. The SMILES string of the molecule is Cc1nc([C@H](C)N(C)C(=O)C2CCN(Cc3ccco3)CC2)c(C)s1. The standard InChI is InChI=1S/C19H27N3O2S/c1-13(18-14(2)25-15(3)20-18)21(4)19(23)16-7-9-22(10-8-16)12-17-6-5-11-24-17/h5-6,11,13,16H,7-10,12H2,1-4H3/t13-/m0/s1.